The van der Waals surface area contributed by atoms with Crippen molar-refractivity contribution in [2.75, 3.05) is 13.1 Å². The number of hydrogen-bond donors (Lipinski definition) is 2. The van der Waals surface area contributed by atoms with Gasteiger partial charge in [0.1, 0.15) is 5.60 Å². The molecule has 1 saturated heterocycles. The van der Waals surface area contributed by atoms with Gasteiger partial charge in [0.25, 0.3) is 0 Å². The van der Waals surface area contributed by atoms with Crippen molar-refractivity contribution in [2.24, 2.45) is 11.8 Å². The van der Waals surface area contributed by atoms with E-state index < -0.39 is 5.60 Å². The van der Waals surface area contributed by atoms with Crippen LogP contribution < -0.4 is 5.32 Å². The molecule has 3 rings (SSSR count). The highest BCUT2D eigenvalue weighted by molar-refractivity contribution is 5.37. The molecule has 1 heterocycles. The molecule has 0 radical (unpaired) electrons. The van der Waals surface area contributed by atoms with E-state index in [0.29, 0.717) is 5.92 Å². The van der Waals surface area contributed by atoms with Crippen molar-refractivity contribution in [2.45, 2.75) is 25.4 Å². The average molecular weight is 295 g/mol. The molecule has 0 saturated carbocycles. The van der Waals surface area contributed by atoms with Crippen LogP contribution in [0.1, 0.15) is 30.9 Å². The van der Waals surface area contributed by atoms with Gasteiger partial charge in [-0.05, 0) is 48.9 Å². The molecule has 0 aliphatic carbocycles. The Morgan fingerprint density at radius 2 is 1.55 bits per heavy atom. The molecule has 0 amide bonds. The molecule has 1 aliphatic heterocycles. The molecular formula is C20H25NO. The van der Waals surface area contributed by atoms with E-state index in [1.54, 1.807) is 0 Å². The lowest BCUT2D eigenvalue weighted by Crippen LogP contribution is -2.44. The summed E-state index contributed by atoms with van der Waals surface area (Å²) in [4.78, 5) is 0. The minimum atomic E-state index is -0.938. The van der Waals surface area contributed by atoms with Gasteiger partial charge < -0.3 is 10.4 Å². The molecule has 116 valence electrons. The number of aliphatic hydroxyl groups is 1. The highest BCUT2D eigenvalue weighted by Crippen LogP contribution is 2.41. The normalized spacial score (nSPS) is 20.5. The lowest BCUT2D eigenvalue weighted by molar-refractivity contribution is -0.00820. The standard InChI is InChI=1S/C20H25NO/c1-16(17-9-8-14-21-15-17)20(22,18-10-4-2-5-11-18)19-12-6-3-7-13-19/h2-7,10-13,16-17,21-22H,8-9,14-15H2,1H3. The van der Waals surface area contributed by atoms with Crippen LogP contribution >= 0.6 is 0 Å². The molecule has 2 atom stereocenters. The van der Waals surface area contributed by atoms with Gasteiger partial charge in [0, 0.05) is 0 Å². The zero-order valence-electron chi connectivity index (χ0n) is 13.2. The first-order chi connectivity index (χ1) is 10.7. The largest absolute Gasteiger partial charge is 0.380 e. The second kappa shape index (κ2) is 6.64. The van der Waals surface area contributed by atoms with E-state index in [9.17, 15) is 5.11 Å². The minimum Gasteiger partial charge on any atom is -0.380 e. The van der Waals surface area contributed by atoms with Crippen LogP contribution in [-0.4, -0.2) is 18.2 Å². The number of benzene rings is 2. The van der Waals surface area contributed by atoms with Gasteiger partial charge in [-0.15, -0.1) is 0 Å². The predicted octanol–water partition coefficient (Wildman–Crippen LogP) is 3.56. The molecular weight excluding hydrogens is 270 g/mol. The monoisotopic (exact) mass is 295 g/mol. The second-order valence-corrected chi connectivity index (χ2v) is 6.39. The lowest BCUT2D eigenvalue weighted by Gasteiger charge is -2.41. The zero-order chi connectivity index (χ0) is 15.4. The Balaban J connectivity index is 2.03. The van der Waals surface area contributed by atoms with Crippen LogP contribution in [0.3, 0.4) is 0 Å². The lowest BCUT2D eigenvalue weighted by atomic mass is 9.69. The second-order valence-electron chi connectivity index (χ2n) is 6.39. The fourth-order valence-electron chi connectivity index (χ4n) is 3.72. The van der Waals surface area contributed by atoms with E-state index in [1.807, 2.05) is 60.7 Å². The van der Waals surface area contributed by atoms with Gasteiger partial charge in [0.15, 0.2) is 0 Å². The van der Waals surface area contributed by atoms with E-state index in [2.05, 4.69) is 12.2 Å². The maximum Gasteiger partial charge on any atom is 0.117 e. The Hall–Kier alpha value is -1.64. The van der Waals surface area contributed by atoms with Crippen LogP contribution in [-0.2, 0) is 5.60 Å². The van der Waals surface area contributed by atoms with E-state index in [-0.39, 0.29) is 5.92 Å². The summed E-state index contributed by atoms with van der Waals surface area (Å²) in [6.07, 6.45) is 2.37. The van der Waals surface area contributed by atoms with Gasteiger partial charge in [0.05, 0.1) is 0 Å². The van der Waals surface area contributed by atoms with Crippen molar-refractivity contribution in [3.8, 4) is 0 Å². The molecule has 2 aromatic rings. The average Bonchev–Trinajstić information content (AvgIpc) is 2.62. The molecule has 22 heavy (non-hydrogen) atoms. The quantitative estimate of drug-likeness (QED) is 0.904. The first kappa shape index (κ1) is 15.3. The topological polar surface area (TPSA) is 32.3 Å². The van der Waals surface area contributed by atoms with Gasteiger partial charge in [-0.3, -0.25) is 0 Å². The summed E-state index contributed by atoms with van der Waals surface area (Å²) >= 11 is 0. The molecule has 1 aliphatic rings. The Kier molecular flexibility index (Phi) is 4.60. The zero-order valence-corrected chi connectivity index (χ0v) is 13.2. The van der Waals surface area contributed by atoms with Crippen molar-refractivity contribution in [3.05, 3.63) is 71.8 Å². The molecule has 2 aromatic carbocycles. The highest BCUT2D eigenvalue weighted by atomic mass is 16.3. The van der Waals surface area contributed by atoms with Crippen molar-refractivity contribution in [1.29, 1.82) is 0 Å². The summed E-state index contributed by atoms with van der Waals surface area (Å²) in [5.74, 6) is 0.643. The number of hydrogen-bond acceptors (Lipinski definition) is 2. The van der Waals surface area contributed by atoms with E-state index in [1.165, 1.54) is 12.8 Å². The fourth-order valence-corrected chi connectivity index (χ4v) is 3.72. The number of piperidine rings is 1. The van der Waals surface area contributed by atoms with Crippen molar-refractivity contribution < 1.29 is 5.11 Å². The van der Waals surface area contributed by atoms with Gasteiger partial charge in [0.2, 0.25) is 0 Å². The van der Waals surface area contributed by atoms with Crippen molar-refractivity contribution >= 4 is 0 Å². The summed E-state index contributed by atoms with van der Waals surface area (Å²) in [7, 11) is 0. The Labute approximate surface area is 133 Å². The van der Waals surface area contributed by atoms with Gasteiger partial charge >= 0.3 is 0 Å². The molecule has 2 nitrogen and oxygen atoms in total. The summed E-state index contributed by atoms with van der Waals surface area (Å²) in [5, 5.41) is 15.2. The van der Waals surface area contributed by atoms with Crippen LogP contribution in [0.25, 0.3) is 0 Å². The summed E-state index contributed by atoms with van der Waals surface area (Å²) in [5.41, 5.74) is 1.03. The first-order valence-electron chi connectivity index (χ1n) is 8.27. The molecule has 0 aromatic heterocycles. The molecule has 0 spiro atoms. The molecule has 2 heteroatoms. The highest BCUT2D eigenvalue weighted by Gasteiger charge is 2.41. The van der Waals surface area contributed by atoms with Crippen LogP contribution in [0.5, 0.6) is 0 Å². The summed E-state index contributed by atoms with van der Waals surface area (Å²) < 4.78 is 0. The maximum absolute atomic E-state index is 11.7. The number of rotatable bonds is 4. The van der Waals surface area contributed by atoms with Crippen LogP contribution in [0.2, 0.25) is 0 Å². The smallest absolute Gasteiger partial charge is 0.117 e. The maximum atomic E-state index is 11.7. The van der Waals surface area contributed by atoms with Crippen LogP contribution in [0.4, 0.5) is 0 Å². The van der Waals surface area contributed by atoms with Crippen LogP contribution in [0.15, 0.2) is 60.7 Å². The third-order valence-corrected chi connectivity index (χ3v) is 5.13. The Bertz CT molecular complexity index is 536. The van der Waals surface area contributed by atoms with E-state index >= 15 is 0 Å². The minimum absolute atomic E-state index is 0.157. The summed E-state index contributed by atoms with van der Waals surface area (Å²) in [6.45, 7) is 4.28. The summed E-state index contributed by atoms with van der Waals surface area (Å²) in [6, 6.07) is 20.2. The van der Waals surface area contributed by atoms with Gasteiger partial charge in [-0.25, -0.2) is 0 Å². The van der Waals surface area contributed by atoms with Crippen molar-refractivity contribution in [3.63, 3.8) is 0 Å². The SMILES string of the molecule is CC(C1CCCNC1)C(O)(c1ccccc1)c1ccccc1. The molecule has 1 fully saturated rings. The molecule has 2 unspecified atom stereocenters. The van der Waals surface area contributed by atoms with E-state index in [0.717, 1.165) is 24.2 Å². The van der Waals surface area contributed by atoms with Gasteiger partial charge in [-0.2, -0.15) is 0 Å². The molecule has 2 N–H and O–H groups in total. The predicted molar refractivity (Wildman–Crippen MR) is 90.6 cm³/mol. The fraction of sp³-hybridized carbons (Fsp3) is 0.400. The van der Waals surface area contributed by atoms with Crippen LogP contribution in [0, 0.1) is 11.8 Å². The first-order valence-corrected chi connectivity index (χ1v) is 8.27. The number of nitrogens with one attached hydrogen (secondary N) is 1. The Morgan fingerprint density at radius 1 is 1.00 bits per heavy atom. The van der Waals surface area contributed by atoms with Crippen molar-refractivity contribution in [1.82, 2.24) is 5.32 Å². The third-order valence-electron chi connectivity index (χ3n) is 5.13. The Morgan fingerprint density at radius 3 is 2.00 bits per heavy atom. The van der Waals surface area contributed by atoms with Gasteiger partial charge in [-0.1, -0.05) is 67.6 Å². The third kappa shape index (κ3) is 2.81. The molecule has 0 bridgehead atoms. The van der Waals surface area contributed by atoms with E-state index in [4.69, 9.17) is 0 Å².